The number of aliphatic hydroxyl groups excluding tert-OH is 1. The van der Waals surface area contributed by atoms with E-state index in [-0.39, 0.29) is 0 Å². The number of benzene rings is 1. The number of carbonyl (C=O) groups is 1. The Morgan fingerprint density at radius 3 is 2.58 bits per heavy atom. The normalized spacial score (nSPS) is 11.1. The van der Waals surface area contributed by atoms with Crippen molar-refractivity contribution in [1.82, 2.24) is 0 Å². The van der Waals surface area contributed by atoms with Gasteiger partial charge in [-0.05, 0) is 12.1 Å². The third-order valence-electron chi connectivity index (χ3n) is 1.27. The van der Waals surface area contributed by atoms with Crippen LogP contribution in [0, 0.1) is 11.8 Å². The number of carbonyl (C=O) groups excluding carboxylic acids is 1. The van der Waals surface area contributed by atoms with Gasteiger partial charge in [-0.1, -0.05) is 30.0 Å². The fourth-order valence-electron chi connectivity index (χ4n) is 0.713. The SMILES string of the molecule is O=CC(O)C#Cc1ccccc1. The van der Waals surface area contributed by atoms with Crippen molar-refractivity contribution in [3.05, 3.63) is 35.9 Å². The fourth-order valence-corrected chi connectivity index (χ4v) is 0.713. The van der Waals surface area contributed by atoms with Crippen LogP contribution in [0.4, 0.5) is 0 Å². The zero-order valence-corrected chi connectivity index (χ0v) is 6.40. The summed E-state index contributed by atoms with van der Waals surface area (Å²) in [5.41, 5.74) is 0.790. The molecule has 0 aromatic heterocycles. The molecule has 0 aliphatic carbocycles. The van der Waals surface area contributed by atoms with Crippen molar-refractivity contribution >= 4 is 6.29 Å². The molecule has 12 heavy (non-hydrogen) atoms. The number of aldehydes is 1. The molecular weight excluding hydrogens is 152 g/mol. The highest BCUT2D eigenvalue weighted by Gasteiger charge is 1.91. The maximum absolute atomic E-state index is 9.97. The Balaban J connectivity index is 2.73. The van der Waals surface area contributed by atoms with Crippen LogP contribution in [0.3, 0.4) is 0 Å². The minimum absolute atomic E-state index is 0.399. The van der Waals surface area contributed by atoms with E-state index in [0.29, 0.717) is 6.29 Å². The molecule has 1 unspecified atom stereocenters. The van der Waals surface area contributed by atoms with Gasteiger partial charge in [-0.3, -0.25) is 4.79 Å². The minimum atomic E-state index is -1.18. The van der Waals surface area contributed by atoms with Gasteiger partial charge in [-0.25, -0.2) is 0 Å². The molecule has 0 aliphatic heterocycles. The maximum atomic E-state index is 9.97. The van der Waals surface area contributed by atoms with Gasteiger partial charge in [-0.2, -0.15) is 0 Å². The van der Waals surface area contributed by atoms with E-state index >= 15 is 0 Å². The molecule has 0 aliphatic rings. The summed E-state index contributed by atoms with van der Waals surface area (Å²) in [5.74, 6) is 5.05. The number of hydrogen-bond donors (Lipinski definition) is 1. The van der Waals surface area contributed by atoms with Crippen molar-refractivity contribution in [2.45, 2.75) is 6.10 Å². The van der Waals surface area contributed by atoms with Crippen LogP contribution >= 0.6 is 0 Å². The van der Waals surface area contributed by atoms with Crippen LogP contribution in [0.5, 0.6) is 0 Å². The van der Waals surface area contributed by atoms with Crippen LogP contribution in [0.15, 0.2) is 30.3 Å². The molecule has 60 valence electrons. The van der Waals surface area contributed by atoms with E-state index in [4.69, 9.17) is 5.11 Å². The number of hydrogen-bond acceptors (Lipinski definition) is 2. The van der Waals surface area contributed by atoms with E-state index in [9.17, 15) is 4.79 Å². The lowest BCUT2D eigenvalue weighted by atomic mass is 10.2. The summed E-state index contributed by atoms with van der Waals surface area (Å²) in [6.45, 7) is 0. The molecule has 2 nitrogen and oxygen atoms in total. The molecule has 0 heterocycles. The van der Waals surface area contributed by atoms with Gasteiger partial charge in [0.25, 0.3) is 0 Å². The highest BCUT2D eigenvalue weighted by Crippen LogP contribution is 1.94. The second-order valence-corrected chi connectivity index (χ2v) is 2.22. The van der Waals surface area contributed by atoms with Gasteiger partial charge in [-0.15, -0.1) is 0 Å². The molecule has 1 rings (SSSR count). The van der Waals surface area contributed by atoms with Crippen LogP contribution in [-0.4, -0.2) is 17.5 Å². The lowest BCUT2D eigenvalue weighted by Gasteiger charge is -1.88. The molecule has 0 spiro atoms. The van der Waals surface area contributed by atoms with Gasteiger partial charge in [0, 0.05) is 5.56 Å². The lowest BCUT2D eigenvalue weighted by Crippen LogP contribution is -2.02. The first-order valence-electron chi connectivity index (χ1n) is 3.53. The Morgan fingerprint density at radius 1 is 1.33 bits per heavy atom. The molecule has 1 atom stereocenters. The van der Waals surface area contributed by atoms with Gasteiger partial charge in [0.15, 0.2) is 12.4 Å². The predicted molar refractivity (Wildman–Crippen MR) is 45.4 cm³/mol. The first-order chi connectivity index (χ1) is 5.83. The second kappa shape index (κ2) is 4.32. The second-order valence-electron chi connectivity index (χ2n) is 2.22. The standard InChI is InChI=1S/C10H8O2/c11-8-10(12)7-6-9-4-2-1-3-5-9/h1-5,8,10,12H. The quantitative estimate of drug-likeness (QED) is 0.482. The van der Waals surface area contributed by atoms with E-state index in [2.05, 4.69) is 11.8 Å². The average Bonchev–Trinajstić information content (AvgIpc) is 2.16. The molecule has 1 aromatic carbocycles. The Morgan fingerprint density at radius 2 is 2.00 bits per heavy atom. The summed E-state index contributed by atoms with van der Waals surface area (Å²) < 4.78 is 0. The molecule has 1 aromatic rings. The van der Waals surface area contributed by atoms with Gasteiger partial charge in [0.1, 0.15) is 0 Å². The highest BCUT2D eigenvalue weighted by atomic mass is 16.3. The summed E-state index contributed by atoms with van der Waals surface area (Å²) in [5, 5.41) is 8.78. The predicted octanol–water partition coefficient (Wildman–Crippen LogP) is 0.598. The van der Waals surface area contributed by atoms with E-state index in [1.807, 2.05) is 30.3 Å². The van der Waals surface area contributed by atoms with Crippen molar-refractivity contribution in [2.75, 3.05) is 0 Å². The summed E-state index contributed by atoms with van der Waals surface area (Å²) in [6, 6.07) is 9.19. The first-order valence-corrected chi connectivity index (χ1v) is 3.53. The van der Waals surface area contributed by atoms with Crippen molar-refractivity contribution in [3.8, 4) is 11.8 Å². The smallest absolute Gasteiger partial charge is 0.170 e. The topological polar surface area (TPSA) is 37.3 Å². The van der Waals surface area contributed by atoms with E-state index in [1.54, 1.807) is 0 Å². The third kappa shape index (κ3) is 2.57. The molecule has 0 bridgehead atoms. The first kappa shape index (κ1) is 8.51. The molecule has 0 saturated heterocycles. The third-order valence-corrected chi connectivity index (χ3v) is 1.27. The summed E-state index contributed by atoms with van der Waals surface area (Å²) >= 11 is 0. The Hall–Kier alpha value is -1.59. The van der Waals surface area contributed by atoms with Crippen LogP contribution in [0.1, 0.15) is 5.56 Å². The van der Waals surface area contributed by atoms with Crippen molar-refractivity contribution in [3.63, 3.8) is 0 Å². The Kier molecular flexibility index (Phi) is 3.06. The van der Waals surface area contributed by atoms with Gasteiger partial charge < -0.3 is 5.11 Å². The zero-order valence-electron chi connectivity index (χ0n) is 6.40. The molecular formula is C10H8O2. The van der Waals surface area contributed by atoms with E-state index in [0.717, 1.165) is 5.56 Å². The minimum Gasteiger partial charge on any atom is -0.373 e. The molecule has 0 amide bonds. The lowest BCUT2D eigenvalue weighted by molar-refractivity contribution is -0.112. The molecule has 0 fully saturated rings. The van der Waals surface area contributed by atoms with Crippen LogP contribution in [0.25, 0.3) is 0 Å². The summed E-state index contributed by atoms with van der Waals surface area (Å²) in [6.07, 6.45) is -0.777. The van der Waals surface area contributed by atoms with Gasteiger partial charge >= 0.3 is 0 Å². The van der Waals surface area contributed by atoms with Crippen LogP contribution in [-0.2, 0) is 4.79 Å². The summed E-state index contributed by atoms with van der Waals surface area (Å²) in [7, 11) is 0. The molecule has 0 radical (unpaired) electrons. The largest absolute Gasteiger partial charge is 0.373 e. The monoisotopic (exact) mass is 160 g/mol. The van der Waals surface area contributed by atoms with Crippen molar-refractivity contribution < 1.29 is 9.90 Å². The summed E-state index contributed by atoms with van der Waals surface area (Å²) in [4.78, 5) is 9.97. The van der Waals surface area contributed by atoms with Gasteiger partial charge in [0.2, 0.25) is 0 Å². The van der Waals surface area contributed by atoms with Gasteiger partial charge in [0.05, 0.1) is 0 Å². The van der Waals surface area contributed by atoms with E-state index in [1.165, 1.54) is 0 Å². The molecule has 0 saturated carbocycles. The Labute approximate surface area is 70.8 Å². The molecule has 2 heteroatoms. The van der Waals surface area contributed by atoms with Crippen LogP contribution < -0.4 is 0 Å². The average molecular weight is 160 g/mol. The maximum Gasteiger partial charge on any atom is 0.170 e. The van der Waals surface area contributed by atoms with Crippen molar-refractivity contribution in [1.29, 1.82) is 0 Å². The van der Waals surface area contributed by atoms with E-state index < -0.39 is 6.10 Å². The fraction of sp³-hybridized carbons (Fsp3) is 0.100. The number of aliphatic hydroxyl groups is 1. The van der Waals surface area contributed by atoms with Crippen molar-refractivity contribution in [2.24, 2.45) is 0 Å². The zero-order chi connectivity index (χ0) is 8.81. The molecule has 1 N–H and O–H groups in total. The number of rotatable bonds is 1. The Bertz CT molecular complexity index is 306. The van der Waals surface area contributed by atoms with Crippen LogP contribution in [0.2, 0.25) is 0 Å². The highest BCUT2D eigenvalue weighted by molar-refractivity contribution is 5.61.